The van der Waals surface area contributed by atoms with E-state index in [1.54, 1.807) is 18.2 Å². The van der Waals surface area contributed by atoms with Crippen molar-refractivity contribution in [3.8, 4) is 0 Å². The minimum absolute atomic E-state index is 0.00625. The first-order valence-electron chi connectivity index (χ1n) is 7.08. The SMILES string of the molecule is CS(=O)(=O)Cc1ccccc1NCCc1ccc([N+](=O)[O-])cc1. The van der Waals surface area contributed by atoms with Crippen LogP contribution >= 0.6 is 0 Å². The van der Waals surface area contributed by atoms with Crippen molar-refractivity contribution in [3.05, 3.63) is 69.8 Å². The van der Waals surface area contributed by atoms with E-state index < -0.39 is 14.8 Å². The molecule has 0 aliphatic rings. The van der Waals surface area contributed by atoms with E-state index in [4.69, 9.17) is 0 Å². The van der Waals surface area contributed by atoms with E-state index in [1.165, 1.54) is 18.4 Å². The average Bonchev–Trinajstić information content (AvgIpc) is 2.48. The quantitative estimate of drug-likeness (QED) is 0.621. The topological polar surface area (TPSA) is 89.3 Å². The fourth-order valence-corrected chi connectivity index (χ4v) is 3.04. The minimum atomic E-state index is -3.09. The summed E-state index contributed by atoms with van der Waals surface area (Å²) >= 11 is 0. The Morgan fingerprint density at radius 2 is 1.74 bits per heavy atom. The maximum atomic E-state index is 11.5. The Labute approximate surface area is 135 Å². The van der Waals surface area contributed by atoms with Crippen LogP contribution in [0.1, 0.15) is 11.1 Å². The average molecular weight is 334 g/mol. The lowest BCUT2D eigenvalue weighted by Gasteiger charge is -2.11. The molecule has 0 heterocycles. The van der Waals surface area contributed by atoms with Gasteiger partial charge in [0.15, 0.2) is 9.84 Å². The fourth-order valence-electron chi connectivity index (χ4n) is 2.23. The molecule has 0 bridgehead atoms. The number of nitrogens with zero attached hydrogens (tertiary/aromatic N) is 1. The molecule has 0 aliphatic carbocycles. The molecule has 0 saturated heterocycles. The molecule has 2 aromatic rings. The highest BCUT2D eigenvalue weighted by atomic mass is 32.2. The highest BCUT2D eigenvalue weighted by Gasteiger charge is 2.09. The van der Waals surface area contributed by atoms with Gasteiger partial charge in [-0.1, -0.05) is 30.3 Å². The maximum absolute atomic E-state index is 11.5. The zero-order chi connectivity index (χ0) is 16.9. The van der Waals surface area contributed by atoms with Crippen LogP contribution in [-0.4, -0.2) is 26.1 Å². The normalized spacial score (nSPS) is 11.2. The Morgan fingerprint density at radius 3 is 2.35 bits per heavy atom. The maximum Gasteiger partial charge on any atom is 0.269 e. The Kier molecular flexibility index (Phi) is 5.33. The lowest BCUT2D eigenvalue weighted by molar-refractivity contribution is -0.384. The van der Waals surface area contributed by atoms with Crippen molar-refractivity contribution in [1.29, 1.82) is 0 Å². The summed E-state index contributed by atoms with van der Waals surface area (Å²) in [5.41, 5.74) is 2.57. The molecule has 0 aromatic heterocycles. The minimum Gasteiger partial charge on any atom is -0.384 e. The van der Waals surface area contributed by atoms with E-state index in [-0.39, 0.29) is 11.4 Å². The van der Waals surface area contributed by atoms with Crippen LogP contribution in [0, 0.1) is 10.1 Å². The van der Waals surface area contributed by atoms with Crippen molar-refractivity contribution < 1.29 is 13.3 Å². The van der Waals surface area contributed by atoms with Gasteiger partial charge in [0.05, 0.1) is 10.7 Å². The van der Waals surface area contributed by atoms with Gasteiger partial charge in [0.1, 0.15) is 0 Å². The van der Waals surface area contributed by atoms with Crippen molar-refractivity contribution in [3.63, 3.8) is 0 Å². The zero-order valence-corrected chi connectivity index (χ0v) is 13.5. The Hall–Kier alpha value is -2.41. The zero-order valence-electron chi connectivity index (χ0n) is 12.7. The molecule has 122 valence electrons. The second-order valence-electron chi connectivity index (χ2n) is 5.33. The fraction of sp³-hybridized carbons (Fsp3) is 0.250. The molecule has 0 unspecified atom stereocenters. The van der Waals surface area contributed by atoms with Gasteiger partial charge in [-0.25, -0.2) is 8.42 Å². The number of anilines is 1. The molecule has 0 aliphatic heterocycles. The molecule has 0 spiro atoms. The molecule has 0 saturated carbocycles. The van der Waals surface area contributed by atoms with Gasteiger partial charge in [0.25, 0.3) is 5.69 Å². The number of hydrogen-bond acceptors (Lipinski definition) is 5. The van der Waals surface area contributed by atoms with Gasteiger partial charge in [0.2, 0.25) is 0 Å². The standard InChI is InChI=1S/C16H18N2O4S/c1-23(21,22)12-14-4-2-3-5-16(14)17-11-10-13-6-8-15(9-7-13)18(19)20/h2-9,17H,10-12H2,1H3. The second kappa shape index (κ2) is 7.23. The van der Waals surface area contributed by atoms with Crippen molar-refractivity contribution in [1.82, 2.24) is 0 Å². The largest absolute Gasteiger partial charge is 0.384 e. The summed E-state index contributed by atoms with van der Waals surface area (Å²) in [4.78, 5) is 10.2. The van der Waals surface area contributed by atoms with Crippen molar-refractivity contribution in [2.24, 2.45) is 0 Å². The molecule has 0 fully saturated rings. The first kappa shape index (κ1) is 17.0. The van der Waals surface area contributed by atoms with Gasteiger partial charge in [0, 0.05) is 30.6 Å². The summed E-state index contributed by atoms with van der Waals surface area (Å²) in [7, 11) is -3.09. The number of rotatable bonds is 7. The van der Waals surface area contributed by atoms with Crippen LogP contribution in [0.3, 0.4) is 0 Å². The summed E-state index contributed by atoms with van der Waals surface area (Å²) in [6.07, 6.45) is 1.89. The van der Waals surface area contributed by atoms with E-state index in [0.717, 1.165) is 16.8 Å². The monoisotopic (exact) mass is 334 g/mol. The summed E-state index contributed by atoms with van der Waals surface area (Å²) in [5.74, 6) is -0.00625. The number of nitrogens with one attached hydrogen (secondary N) is 1. The molecule has 0 atom stereocenters. The van der Waals surface area contributed by atoms with Gasteiger partial charge in [-0.3, -0.25) is 10.1 Å². The Bertz CT molecular complexity index is 786. The van der Waals surface area contributed by atoms with Crippen LogP contribution in [0.25, 0.3) is 0 Å². The molecular weight excluding hydrogens is 316 g/mol. The highest BCUT2D eigenvalue weighted by Crippen LogP contribution is 2.18. The van der Waals surface area contributed by atoms with Crippen LogP contribution in [0.4, 0.5) is 11.4 Å². The molecule has 23 heavy (non-hydrogen) atoms. The molecular formula is C16H18N2O4S. The predicted molar refractivity (Wildman–Crippen MR) is 90.3 cm³/mol. The van der Waals surface area contributed by atoms with Crippen LogP contribution in [0.2, 0.25) is 0 Å². The van der Waals surface area contributed by atoms with Gasteiger partial charge in [-0.2, -0.15) is 0 Å². The third-order valence-electron chi connectivity index (χ3n) is 3.31. The number of non-ortho nitro benzene ring substituents is 1. The molecule has 0 radical (unpaired) electrons. The van der Waals surface area contributed by atoms with Crippen molar-refractivity contribution >= 4 is 21.2 Å². The molecule has 7 heteroatoms. The predicted octanol–water partition coefficient (Wildman–Crippen LogP) is 2.79. The van der Waals surface area contributed by atoms with Crippen LogP contribution < -0.4 is 5.32 Å². The van der Waals surface area contributed by atoms with Crippen LogP contribution in [0.5, 0.6) is 0 Å². The van der Waals surface area contributed by atoms with Gasteiger partial charge < -0.3 is 5.32 Å². The summed E-state index contributed by atoms with van der Waals surface area (Å²) in [6.45, 7) is 0.610. The molecule has 0 amide bonds. The second-order valence-corrected chi connectivity index (χ2v) is 7.47. The number of hydrogen-bond donors (Lipinski definition) is 1. The van der Waals surface area contributed by atoms with Crippen molar-refractivity contribution in [2.45, 2.75) is 12.2 Å². The number of nitro benzene ring substituents is 1. The Balaban J connectivity index is 1.97. The van der Waals surface area contributed by atoms with Gasteiger partial charge >= 0.3 is 0 Å². The lowest BCUT2D eigenvalue weighted by Crippen LogP contribution is -2.09. The smallest absolute Gasteiger partial charge is 0.269 e. The van der Waals surface area contributed by atoms with E-state index in [0.29, 0.717) is 13.0 Å². The molecule has 2 aromatic carbocycles. The molecule has 6 nitrogen and oxygen atoms in total. The van der Waals surface area contributed by atoms with E-state index >= 15 is 0 Å². The van der Waals surface area contributed by atoms with Gasteiger partial charge in [-0.05, 0) is 23.6 Å². The lowest BCUT2D eigenvalue weighted by atomic mass is 10.1. The van der Waals surface area contributed by atoms with Crippen LogP contribution in [0.15, 0.2) is 48.5 Å². The number of para-hydroxylation sites is 1. The van der Waals surface area contributed by atoms with E-state index in [1.807, 2.05) is 18.2 Å². The first-order chi connectivity index (χ1) is 10.8. The number of sulfone groups is 1. The van der Waals surface area contributed by atoms with E-state index in [9.17, 15) is 18.5 Å². The van der Waals surface area contributed by atoms with Gasteiger partial charge in [-0.15, -0.1) is 0 Å². The Morgan fingerprint density at radius 1 is 1.09 bits per heavy atom. The summed E-state index contributed by atoms with van der Waals surface area (Å²) in [5, 5.41) is 13.8. The summed E-state index contributed by atoms with van der Waals surface area (Å²) < 4.78 is 22.9. The van der Waals surface area contributed by atoms with E-state index in [2.05, 4.69) is 5.32 Å². The third-order valence-corrected chi connectivity index (χ3v) is 4.15. The number of benzene rings is 2. The highest BCUT2D eigenvalue weighted by molar-refractivity contribution is 7.89. The van der Waals surface area contributed by atoms with Crippen molar-refractivity contribution in [2.75, 3.05) is 18.1 Å². The molecule has 2 rings (SSSR count). The first-order valence-corrected chi connectivity index (χ1v) is 9.14. The number of nitro groups is 1. The van der Waals surface area contributed by atoms with Crippen LogP contribution in [-0.2, 0) is 22.0 Å². The third kappa shape index (κ3) is 5.37. The summed E-state index contributed by atoms with van der Waals surface area (Å²) in [6, 6.07) is 13.7. The molecule has 1 N–H and O–H groups in total.